The molecule has 2 aromatic heterocycles. The van der Waals surface area contributed by atoms with Gasteiger partial charge in [-0.15, -0.1) is 11.3 Å². The molecule has 4 heteroatoms. The van der Waals surface area contributed by atoms with Crippen molar-refractivity contribution >= 4 is 22.2 Å². The Kier molecular flexibility index (Phi) is 4.48. The van der Waals surface area contributed by atoms with E-state index in [1.165, 1.54) is 4.88 Å². The number of fused-ring (bicyclic) bond motifs is 1. The number of benzene rings is 1. The Labute approximate surface area is 128 Å². The lowest BCUT2D eigenvalue weighted by Gasteiger charge is -2.18. The summed E-state index contributed by atoms with van der Waals surface area (Å²) < 4.78 is 6.21. The molecule has 3 aromatic rings. The number of pyridine rings is 1. The van der Waals surface area contributed by atoms with Gasteiger partial charge in [0.15, 0.2) is 0 Å². The summed E-state index contributed by atoms with van der Waals surface area (Å²) in [5.74, 6) is 0.894. The third-order valence-corrected chi connectivity index (χ3v) is 4.33. The molecule has 0 aliphatic carbocycles. The van der Waals surface area contributed by atoms with E-state index >= 15 is 0 Å². The second kappa shape index (κ2) is 6.70. The zero-order chi connectivity index (χ0) is 14.5. The van der Waals surface area contributed by atoms with E-state index in [0.29, 0.717) is 0 Å². The first-order valence-electron chi connectivity index (χ1n) is 7.06. The van der Waals surface area contributed by atoms with Crippen LogP contribution in [0.15, 0.2) is 54.0 Å². The average molecular weight is 298 g/mol. The molecular formula is C17H18N2OS. The molecule has 1 N–H and O–H groups in total. The maximum atomic E-state index is 6.21. The molecule has 0 fully saturated rings. The molecule has 1 aromatic carbocycles. The Hall–Kier alpha value is -1.91. The van der Waals surface area contributed by atoms with Gasteiger partial charge in [0.2, 0.25) is 0 Å². The maximum absolute atomic E-state index is 6.21. The van der Waals surface area contributed by atoms with Gasteiger partial charge in [-0.1, -0.05) is 12.1 Å². The van der Waals surface area contributed by atoms with Crippen molar-refractivity contribution in [1.29, 1.82) is 0 Å². The summed E-state index contributed by atoms with van der Waals surface area (Å²) in [5, 5.41) is 6.39. The van der Waals surface area contributed by atoms with Crippen molar-refractivity contribution in [2.24, 2.45) is 0 Å². The number of nitrogens with zero attached hydrogens (tertiary/aromatic N) is 1. The van der Waals surface area contributed by atoms with E-state index in [1.807, 2.05) is 31.4 Å². The van der Waals surface area contributed by atoms with Crippen molar-refractivity contribution in [2.75, 3.05) is 13.6 Å². The van der Waals surface area contributed by atoms with E-state index in [0.717, 1.165) is 29.6 Å². The molecule has 3 nitrogen and oxygen atoms in total. The largest absolute Gasteiger partial charge is 0.485 e. The molecule has 3 rings (SSSR count). The van der Waals surface area contributed by atoms with Crippen molar-refractivity contribution in [3.8, 4) is 5.75 Å². The number of nitrogens with one attached hydrogen (secondary N) is 1. The number of hydrogen-bond acceptors (Lipinski definition) is 4. The molecule has 0 aliphatic heterocycles. The summed E-state index contributed by atoms with van der Waals surface area (Å²) in [5.41, 5.74) is 0.993. The lowest BCUT2D eigenvalue weighted by atomic mass is 10.2. The van der Waals surface area contributed by atoms with Crippen LogP contribution in [0.4, 0.5) is 0 Å². The van der Waals surface area contributed by atoms with Crippen LogP contribution in [0, 0.1) is 0 Å². The number of rotatable bonds is 6. The van der Waals surface area contributed by atoms with Crippen LogP contribution in [-0.2, 0) is 0 Å². The summed E-state index contributed by atoms with van der Waals surface area (Å²) in [6.07, 6.45) is 2.85. The highest BCUT2D eigenvalue weighted by atomic mass is 32.1. The van der Waals surface area contributed by atoms with Crippen LogP contribution < -0.4 is 10.1 Å². The van der Waals surface area contributed by atoms with Gasteiger partial charge in [0.1, 0.15) is 11.9 Å². The fraction of sp³-hybridized carbons (Fsp3) is 0.235. The Bertz CT molecular complexity index is 697. The molecule has 0 amide bonds. The fourth-order valence-electron chi connectivity index (χ4n) is 2.30. The van der Waals surface area contributed by atoms with Crippen LogP contribution in [0.2, 0.25) is 0 Å². The van der Waals surface area contributed by atoms with Crippen molar-refractivity contribution in [2.45, 2.75) is 12.5 Å². The van der Waals surface area contributed by atoms with Gasteiger partial charge in [0, 0.05) is 22.9 Å². The standard InChI is InChI=1S/C17H18N2OS/c1-18-10-8-16(17-5-3-11-21-17)20-14-6-7-15-13(12-14)4-2-9-19-15/h2-7,9,11-12,16,18H,8,10H2,1H3/t16-/m1/s1. The van der Waals surface area contributed by atoms with Crippen LogP contribution in [0.1, 0.15) is 17.4 Å². The first kappa shape index (κ1) is 14.0. The SMILES string of the molecule is CNCC[C@@H](Oc1ccc2ncccc2c1)c1cccs1. The molecule has 0 saturated carbocycles. The Morgan fingerprint density at radius 3 is 3.00 bits per heavy atom. The number of thiophene rings is 1. The van der Waals surface area contributed by atoms with E-state index < -0.39 is 0 Å². The molecular weight excluding hydrogens is 280 g/mol. The molecule has 108 valence electrons. The highest BCUT2D eigenvalue weighted by Gasteiger charge is 2.14. The zero-order valence-electron chi connectivity index (χ0n) is 12.0. The van der Waals surface area contributed by atoms with E-state index in [-0.39, 0.29) is 6.10 Å². The normalized spacial score (nSPS) is 12.4. The molecule has 21 heavy (non-hydrogen) atoms. The van der Waals surface area contributed by atoms with Crippen molar-refractivity contribution in [3.63, 3.8) is 0 Å². The number of hydrogen-bond donors (Lipinski definition) is 1. The molecule has 1 atom stereocenters. The van der Waals surface area contributed by atoms with Crippen molar-refractivity contribution in [3.05, 3.63) is 58.9 Å². The predicted octanol–water partition coefficient (Wildman–Crippen LogP) is 4.03. The lowest BCUT2D eigenvalue weighted by molar-refractivity contribution is 0.199. The summed E-state index contributed by atoms with van der Waals surface area (Å²) >= 11 is 1.74. The molecule has 0 spiro atoms. The average Bonchev–Trinajstić information content (AvgIpc) is 3.05. The molecule has 0 aliphatic rings. The molecule has 0 unspecified atom stereocenters. The predicted molar refractivity (Wildman–Crippen MR) is 88.0 cm³/mol. The summed E-state index contributed by atoms with van der Waals surface area (Å²) in [7, 11) is 1.97. The van der Waals surface area contributed by atoms with Crippen molar-refractivity contribution < 1.29 is 4.74 Å². The lowest BCUT2D eigenvalue weighted by Crippen LogP contribution is -2.15. The highest BCUT2D eigenvalue weighted by molar-refractivity contribution is 7.10. The summed E-state index contributed by atoms with van der Waals surface area (Å²) in [4.78, 5) is 5.60. The minimum atomic E-state index is 0.0894. The molecule has 0 saturated heterocycles. The monoisotopic (exact) mass is 298 g/mol. The van der Waals surface area contributed by atoms with Crippen LogP contribution in [0.5, 0.6) is 5.75 Å². The number of ether oxygens (including phenoxy) is 1. The smallest absolute Gasteiger partial charge is 0.134 e. The fourth-order valence-corrected chi connectivity index (χ4v) is 3.09. The van der Waals surface area contributed by atoms with Crippen LogP contribution in [-0.4, -0.2) is 18.6 Å². The Balaban J connectivity index is 1.83. The maximum Gasteiger partial charge on any atom is 0.134 e. The van der Waals surface area contributed by atoms with E-state index in [2.05, 4.69) is 39.9 Å². The van der Waals surface area contributed by atoms with E-state index in [1.54, 1.807) is 11.3 Å². The van der Waals surface area contributed by atoms with E-state index in [9.17, 15) is 0 Å². The minimum Gasteiger partial charge on any atom is -0.485 e. The van der Waals surface area contributed by atoms with Gasteiger partial charge in [-0.25, -0.2) is 0 Å². The van der Waals surface area contributed by atoms with Crippen molar-refractivity contribution in [1.82, 2.24) is 10.3 Å². The summed E-state index contributed by atoms with van der Waals surface area (Å²) in [6, 6.07) is 14.3. The third kappa shape index (κ3) is 3.40. The highest BCUT2D eigenvalue weighted by Crippen LogP contribution is 2.29. The van der Waals surface area contributed by atoms with Gasteiger partial charge in [-0.05, 0) is 49.3 Å². The Morgan fingerprint density at radius 1 is 1.24 bits per heavy atom. The van der Waals surface area contributed by atoms with Gasteiger partial charge < -0.3 is 10.1 Å². The minimum absolute atomic E-state index is 0.0894. The van der Waals surface area contributed by atoms with Crippen LogP contribution in [0.3, 0.4) is 0 Å². The second-order valence-corrected chi connectivity index (χ2v) is 5.85. The van der Waals surface area contributed by atoms with Gasteiger partial charge in [-0.3, -0.25) is 4.98 Å². The molecule has 0 bridgehead atoms. The summed E-state index contributed by atoms with van der Waals surface area (Å²) in [6.45, 7) is 0.928. The number of aromatic nitrogens is 1. The Morgan fingerprint density at radius 2 is 2.19 bits per heavy atom. The zero-order valence-corrected chi connectivity index (χ0v) is 12.8. The van der Waals surface area contributed by atoms with Gasteiger partial charge in [0.05, 0.1) is 5.52 Å². The first-order chi connectivity index (χ1) is 10.4. The first-order valence-corrected chi connectivity index (χ1v) is 7.94. The second-order valence-electron chi connectivity index (χ2n) is 4.87. The molecule has 0 radical (unpaired) electrons. The van der Waals surface area contributed by atoms with Crippen LogP contribution in [0.25, 0.3) is 10.9 Å². The van der Waals surface area contributed by atoms with Gasteiger partial charge in [0.25, 0.3) is 0 Å². The molecule has 2 heterocycles. The quantitative estimate of drug-likeness (QED) is 0.746. The van der Waals surface area contributed by atoms with E-state index in [4.69, 9.17) is 4.74 Å². The van der Waals surface area contributed by atoms with Crippen LogP contribution >= 0.6 is 11.3 Å². The van der Waals surface area contributed by atoms with Gasteiger partial charge >= 0.3 is 0 Å². The third-order valence-electron chi connectivity index (χ3n) is 3.37. The topological polar surface area (TPSA) is 34.1 Å². The van der Waals surface area contributed by atoms with Gasteiger partial charge in [-0.2, -0.15) is 0 Å².